The molecule has 2 aromatic heterocycles. The zero-order valence-electron chi connectivity index (χ0n) is 13.8. The first-order valence-corrected chi connectivity index (χ1v) is 8.68. The Labute approximate surface area is 154 Å². The van der Waals surface area contributed by atoms with Crippen molar-refractivity contribution in [1.29, 1.82) is 0 Å². The van der Waals surface area contributed by atoms with Crippen LogP contribution < -0.4 is 5.32 Å². The minimum absolute atomic E-state index is 0.169. The Morgan fingerprint density at radius 3 is 2.62 bits per heavy atom. The molecule has 1 saturated heterocycles. The summed E-state index contributed by atoms with van der Waals surface area (Å²) in [6.07, 6.45) is 3.85. The van der Waals surface area contributed by atoms with Crippen molar-refractivity contribution in [2.24, 2.45) is 0 Å². The minimum Gasteiger partial charge on any atom is -0.465 e. The third-order valence-electron chi connectivity index (χ3n) is 4.54. The molecule has 1 fully saturated rings. The van der Waals surface area contributed by atoms with Crippen molar-refractivity contribution in [3.05, 3.63) is 41.8 Å². The Bertz CT molecular complexity index is 934. The first kappa shape index (κ1) is 16.6. The number of nitrogens with one attached hydrogen (secondary N) is 1. The lowest BCUT2D eigenvalue weighted by molar-refractivity contribution is 0.134. The quantitative estimate of drug-likeness (QED) is 0.733. The summed E-state index contributed by atoms with van der Waals surface area (Å²) in [4.78, 5) is 21.2. The Kier molecular flexibility index (Phi) is 4.34. The summed E-state index contributed by atoms with van der Waals surface area (Å²) in [7, 11) is 0. The fraction of sp³-hybridized carbons (Fsp3) is 0.294. The molecule has 3 heterocycles. The van der Waals surface area contributed by atoms with E-state index in [0.717, 1.165) is 23.9 Å². The maximum atomic E-state index is 11.0. The first-order valence-electron chi connectivity index (χ1n) is 8.31. The van der Waals surface area contributed by atoms with Gasteiger partial charge >= 0.3 is 6.09 Å². The van der Waals surface area contributed by atoms with Gasteiger partial charge in [0.15, 0.2) is 5.65 Å². The van der Waals surface area contributed by atoms with Crippen molar-refractivity contribution in [2.45, 2.75) is 18.9 Å². The van der Waals surface area contributed by atoms with Crippen LogP contribution in [-0.2, 0) is 0 Å². The number of piperidine rings is 1. The summed E-state index contributed by atoms with van der Waals surface area (Å²) < 4.78 is 1.74. The number of aromatic nitrogens is 4. The summed E-state index contributed by atoms with van der Waals surface area (Å²) in [5, 5.41) is 18.4. The van der Waals surface area contributed by atoms with Crippen molar-refractivity contribution < 1.29 is 9.90 Å². The third-order valence-corrected chi connectivity index (χ3v) is 4.80. The topological polar surface area (TPSA) is 96.2 Å². The molecule has 8 nitrogen and oxygen atoms in total. The Hall–Kier alpha value is -2.87. The number of carboxylic acid groups (broad SMARTS) is 1. The molecule has 0 atom stereocenters. The van der Waals surface area contributed by atoms with E-state index >= 15 is 0 Å². The Morgan fingerprint density at radius 1 is 1.19 bits per heavy atom. The smallest absolute Gasteiger partial charge is 0.407 e. The van der Waals surface area contributed by atoms with Gasteiger partial charge in [0.2, 0.25) is 0 Å². The third kappa shape index (κ3) is 3.15. The minimum atomic E-state index is -0.864. The summed E-state index contributed by atoms with van der Waals surface area (Å²) in [5.41, 5.74) is 1.57. The van der Waals surface area contributed by atoms with Crippen LogP contribution in [0.1, 0.15) is 12.8 Å². The van der Waals surface area contributed by atoms with Crippen molar-refractivity contribution in [3.63, 3.8) is 0 Å². The number of hydrogen-bond donors (Lipinski definition) is 2. The molecule has 0 unspecified atom stereocenters. The van der Waals surface area contributed by atoms with E-state index in [4.69, 9.17) is 16.7 Å². The lowest BCUT2D eigenvalue weighted by Crippen LogP contribution is -2.41. The summed E-state index contributed by atoms with van der Waals surface area (Å²) in [6.45, 7) is 1.04. The molecule has 1 aliphatic rings. The van der Waals surface area contributed by atoms with Crippen LogP contribution in [-0.4, -0.2) is 55.0 Å². The van der Waals surface area contributed by atoms with Gasteiger partial charge in [-0.3, -0.25) is 0 Å². The molecule has 0 radical (unpaired) electrons. The molecule has 134 valence electrons. The highest BCUT2D eigenvalue weighted by atomic mass is 35.5. The van der Waals surface area contributed by atoms with Gasteiger partial charge in [0, 0.05) is 24.2 Å². The van der Waals surface area contributed by atoms with Gasteiger partial charge in [0.25, 0.3) is 0 Å². The largest absolute Gasteiger partial charge is 0.465 e. The predicted molar refractivity (Wildman–Crippen MR) is 97.9 cm³/mol. The molecule has 0 aliphatic carbocycles. The molecule has 9 heteroatoms. The van der Waals surface area contributed by atoms with E-state index in [9.17, 15) is 4.79 Å². The highest BCUT2D eigenvalue weighted by Crippen LogP contribution is 2.24. The molecule has 1 amide bonds. The van der Waals surface area contributed by atoms with Crippen molar-refractivity contribution in [1.82, 2.24) is 24.6 Å². The van der Waals surface area contributed by atoms with Crippen LogP contribution in [0.4, 0.5) is 10.6 Å². The van der Waals surface area contributed by atoms with Crippen LogP contribution in [0.5, 0.6) is 0 Å². The van der Waals surface area contributed by atoms with E-state index in [1.165, 1.54) is 11.2 Å². The fourth-order valence-corrected chi connectivity index (χ4v) is 3.26. The highest BCUT2D eigenvalue weighted by Gasteiger charge is 2.23. The highest BCUT2D eigenvalue weighted by molar-refractivity contribution is 6.30. The van der Waals surface area contributed by atoms with Gasteiger partial charge in [-0.15, -0.1) is 0 Å². The van der Waals surface area contributed by atoms with E-state index in [0.29, 0.717) is 29.6 Å². The average molecular weight is 373 g/mol. The molecule has 2 N–H and O–H groups in total. The zero-order chi connectivity index (χ0) is 18.1. The zero-order valence-corrected chi connectivity index (χ0v) is 14.6. The van der Waals surface area contributed by atoms with E-state index in [1.54, 1.807) is 23.0 Å². The van der Waals surface area contributed by atoms with Gasteiger partial charge in [-0.2, -0.15) is 5.10 Å². The number of rotatable bonds is 3. The molecule has 1 aromatic carbocycles. The molecular weight excluding hydrogens is 356 g/mol. The molecule has 3 aromatic rings. The fourth-order valence-electron chi connectivity index (χ4n) is 3.14. The molecule has 1 aliphatic heterocycles. The molecular formula is C17H17ClN6O2. The van der Waals surface area contributed by atoms with Crippen LogP contribution in [0.15, 0.2) is 36.8 Å². The predicted octanol–water partition coefficient (Wildman–Crippen LogP) is 3.02. The van der Waals surface area contributed by atoms with E-state index in [1.807, 2.05) is 12.1 Å². The monoisotopic (exact) mass is 372 g/mol. The second-order valence-corrected chi connectivity index (χ2v) is 6.62. The Balaban J connectivity index is 1.57. The summed E-state index contributed by atoms with van der Waals surface area (Å²) in [6, 6.07) is 7.54. The number of anilines is 1. The normalized spacial score (nSPS) is 15.3. The number of hydrogen-bond acceptors (Lipinski definition) is 5. The summed E-state index contributed by atoms with van der Waals surface area (Å²) >= 11 is 5.95. The number of fused-ring (bicyclic) bond motifs is 1. The average Bonchev–Trinajstić information content (AvgIpc) is 3.08. The van der Waals surface area contributed by atoms with E-state index < -0.39 is 6.09 Å². The van der Waals surface area contributed by atoms with Gasteiger partial charge in [-0.05, 0) is 37.1 Å². The van der Waals surface area contributed by atoms with Crippen LogP contribution >= 0.6 is 11.6 Å². The van der Waals surface area contributed by atoms with Crippen LogP contribution in [0.25, 0.3) is 16.7 Å². The SMILES string of the molecule is O=C(O)N1CCC(Nc2ncnc3c2cnn3-c2ccc(Cl)cc2)CC1. The molecule has 26 heavy (non-hydrogen) atoms. The second kappa shape index (κ2) is 6.80. The van der Waals surface area contributed by atoms with Crippen LogP contribution in [0.3, 0.4) is 0 Å². The maximum Gasteiger partial charge on any atom is 0.407 e. The van der Waals surface area contributed by atoms with Gasteiger partial charge in [0.05, 0.1) is 17.3 Å². The van der Waals surface area contributed by atoms with Crippen molar-refractivity contribution in [2.75, 3.05) is 18.4 Å². The number of benzene rings is 1. The number of halogens is 1. The standard InChI is InChI=1S/C17H17ClN6O2/c18-11-1-3-13(4-2-11)24-16-14(9-21-24)15(19-10-20-16)22-12-5-7-23(8-6-12)17(25)26/h1-4,9-10,12H,5-8H2,(H,25,26)(H,19,20,22). The molecule has 4 rings (SSSR count). The van der Waals surface area contributed by atoms with Crippen LogP contribution in [0.2, 0.25) is 5.02 Å². The number of carbonyl (C=O) groups is 1. The van der Waals surface area contributed by atoms with E-state index in [2.05, 4.69) is 20.4 Å². The lowest BCUT2D eigenvalue weighted by Gasteiger charge is -2.30. The second-order valence-electron chi connectivity index (χ2n) is 6.18. The summed E-state index contributed by atoms with van der Waals surface area (Å²) in [5.74, 6) is 0.712. The van der Waals surface area contributed by atoms with Crippen LogP contribution in [0, 0.1) is 0 Å². The number of likely N-dealkylation sites (tertiary alicyclic amines) is 1. The maximum absolute atomic E-state index is 11.0. The number of amides is 1. The van der Waals surface area contributed by atoms with Gasteiger partial charge in [-0.1, -0.05) is 11.6 Å². The molecule has 0 bridgehead atoms. The van der Waals surface area contributed by atoms with E-state index in [-0.39, 0.29) is 6.04 Å². The van der Waals surface area contributed by atoms with Crippen molar-refractivity contribution >= 4 is 34.5 Å². The van der Waals surface area contributed by atoms with Gasteiger partial charge in [0.1, 0.15) is 12.1 Å². The molecule has 0 saturated carbocycles. The van der Waals surface area contributed by atoms with Crippen molar-refractivity contribution in [3.8, 4) is 5.69 Å². The van der Waals surface area contributed by atoms with Gasteiger partial charge < -0.3 is 15.3 Å². The Morgan fingerprint density at radius 2 is 1.92 bits per heavy atom. The first-order chi connectivity index (χ1) is 12.6. The van der Waals surface area contributed by atoms with Gasteiger partial charge in [-0.25, -0.2) is 19.4 Å². The number of nitrogens with zero attached hydrogens (tertiary/aromatic N) is 5. The lowest BCUT2D eigenvalue weighted by atomic mass is 10.1. The molecule has 0 spiro atoms.